The van der Waals surface area contributed by atoms with Crippen molar-refractivity contribution in [2.45, 2.75) is 6.92 Å². The number of hydrogen-bond donors (Lipinski definition) is 0. The fourth-order valence-corrected chi connectivity index (χ4v) is 1.74. The summed E-state index contributed by atoms with van der Waals surface area (Å²) in [6.07, 6.45) is 3.40. The van der Waals surface area contributed by atoms with Crippen molar-refractivity contribution in [2.24, 2.45) is 0 Å². The van der Waals surface area contributed by atoms with E-state index in [1.165, 1.54) is 0 Å². The molecule has 0 aliphatic heterocycles. The number of rotatable bonds is 5. The molecule has 2 heteroatoms. The van der Waals surface area contributed by atoms with Gasteiger partial charge in [0.15, 0.2) is 5.78 Å². The Labute approximate surface area is 113 Å². The second kappa shape index (κ2) is 6.55. The molecule has 0 bridgehead atoms. The lowest BCUT2D eigenvalue weighted by molar-refractivity contribution is 0.104. The van der Waals surface area contributed by atoms with Gasteiger partial charge in [-0.1, -0.05) is 48.5 Å². The van der Waals surface area contributed by atoms with Crippen LogP contribution < -0.4 is 4.74 Å². The molecule has 0 aliphatic rings. The van der Waals surface area contributed by atoms with Gasteiger partial charge < -0.3 is 4.74 Å². The Balaban J connectivity index is 2.11. The van der Waals surface area contributed by atoms with Crippen LogP contribution in [0.15, 0.2) is 60.7 Å². The van der Waals surface area contributed by atoms with E-state index in [4.69, 9.17) is 4.74 Å². The minimum Gasteiger partial charge on any atom is -0.494 e. The molecule has 2 aromatic carbocycles. The van der Waals surface area contributed by atoms with Crippen LogP contribution in [0.3, 0.4) is 0 Å². The number of ketones is 1. The van der Waals surface area contributed by atoms with Crippen molar-refractivity contribution in [1.29, 1.82) is 0 Å². The van der Waals surface area contributed by atoms with E-state index in [1.54, 1.807) is 18.2 Å². The average Bonchev–Trinajstić information content (AvgIpc) is 2.46. The number of hydrogen-bond acceptors (Lipinski definition) is 2. The molecular weight excluding hydrogens is 236 g/mol. The summed E-state index contributed by atoms with van der Waals surface area (Å²) in [5, 5.41) is 0. The maximum absolute atomic E-state index is 12.0. The summed E-state index contributed by atoms with van der Waals surface area (Å²) in [5.41, 5.74) is 1.65. The highest BCUT2D eigenvalue weighted by atomic mass is 16.5. The fraction of sp³-hybridized carbons (Fsp3) is 0.118. The number of carbonyl (C=O) groups is 1. The van der Waals surface area contributed by atoms with Gasteiger partial charge in [0.05, 0.1) is 6.61 Å². The molecule has 0 unspecified atom stereocenters. The minimum absolute atomic E-state index is 0.0228. The molecule has 0 aliphatic carbocycles. The zero-order valence-corrected chi connectivity index (χ0v) is 10.9. The monoisotopic (exact) mass is 252 g/mol. The summed E-state index contributed by atoms with van der Waals surface area (Å²) in [4.78, 5) is 12.0. The van der Waals surface area contributed by atoms with Crippen molar-refractivity contribution in [3.8, 4) is 5.75 Å². The number of benzene rings is 2. The van der Waals surface area contributed by atoms with Crippen LogP contribution in [0.1, 0.15) is 22.8 Å². The summed E-state index contributed by atoms with van der Waals surface area (Å²) in [6, 6.07) is 17.0. The Hall–Kier alpha value is -2.35. The molecule has 0 spiro atoms. The maximum Gasteiger partial charge on any atom is 0.185 e. The van der Waals surface area contributed by atoms with Crippen LogP contribution in [-0.2, 0) is 0 Å². The topological polar surface area (TPSA) is 26.3 Å². The van der Waals surface area contributed by atoms with Crippen LogP contribution in [0.25, 0.3) is 6.08 Å². The highest BCUT2D eigenvalue weighted by molar-refractivity contribution is 6.07. The quantitative estimate of drug-likeness (QED) is 0.594. The van der Waals surface area contributed by atoms with E-state index in [0.717, 1.165) is 11.3 Å². The Morgan fingerprint density at radius 1 is 1.11 bits per heavy atom. The standard InChI is InChI=1S/C17H16O2/c1-2-19-16-10-6-9-15(13-16)17(18)12-11-14-7-4-3-5-8-14/h3-13H,2H2,1H3. The smallest absolute Gasteiger partial charge is 0.185 e. The van der Waals surface area contributed by atoms with Gasteiger partial charge in [0, 0.05) is 5.56 Å². The molecule has 0 N–H and O–H groups in total. The first kappa shape index (κ1) is 13.1. The van der Waals surface area contributed by atoms with Gasteiger partial charge in [-0.3, -0.25) is 4.79 Å². The normalized spacial score (nSPS) is 10.6. The number of carbonyl (C=O) groups excluding carboxylic acids is 1. The van der Waals surface area contributed by atoms with Gasteiger partial charge in [-0.05, 0) is 30.7 Å². The van der Waals surface area contributed by atoms with Crippen LogP contribution in [0, 0.1) is 0 Å². The molecule has 2 nitrogen and oxygen atoms in total. The van der Waals surface area contributed by atoms with Crippen LogP contribution in [0.4, 0.5) is 0 Å². The van der Waals surface area contributed by atoms with Crippen LogP contribution >= 0.6 is 0 Å². The summed E-state index contributed by atoms with van der Waals surface area (Å²) in [5.74, 6) is 0.701. The zero-order chi connectivity index (χ0) is 13.5. The number of allylic oxidation sites excluding steroid dienone is 1. The molecule has 0 amide bonds. The van der Waals surface area contributed by atoms with Gasteiger partial charge >= 0.3 is 0 Å². The maximum atomic E-state index is 12.0. The van der Waals surface area contributed by atoms with Crippen molar-refractivity contribution in [1.82, 2.24) is 0 Å². The van der Waals surface area contributed by atoms with Crippen LogP contribution in [0.5, 0.6) is 5.75 Å². The summed E-state index contributed by atoms with van der Waals surface area (Å²) in [6.45, 7) is 2.52. The molecule has 0 heterocycles. The fourth-order valence-electron chi connectivity index (χ4n) is 1.74. The van der Waals surface area contributed by atoms with Gasteiger partial charge in [0.25, 0.3) is 0 Å². The second-order valence-corrected chi connectivity index (χ2v) is 4.07. The third-order valence-corrected chi connectivity index (χ3v) is 2.66. The molecule has 0 fully saturated rings. The molecule has 0 saturated carbocycles. The Bertz CT molecular complexity index is 571. The van der Waals surface area contributed by atoms with Crippen molar-refractivity contribution in [2.75, 3.05) is 6.61 Å². The van der Waals surface area contributed by atoms with Crippen molar-refractivity contribution in [3.63, 3.8) is 0 Å². The SMILES string of the molecule is CCOc1cccc(C(=O)C=Cc2ccccc2)c1. The van der Waals surface area contributed by atoms with E-state index in [2.05, 4.69) is 0 Å². The third kappa shape index (κ3) is 3.81. The molecule has 96 valence electrons. The first-order valence-corrected chi connectivity index (χ1v) is 6.30. The Morgan fingerprint density at radius 3 is 2.63 bits per heavy atom. The average molecular weight is 252 g/mol. The number of ether oxygens (including phenoxy) is 1. The minimum atomic E-state index is -0.0228. The summed E-state index contributed by atoms with van der Waals surface area (Å²) in [7, 11) is 0. The Morgan fingerprint density at radius 2 is 1.89 bits per heavy atom. The predicted octanol–water partition coefficient (Wildman–Crippen LogP) is 3.98. The predicted molar refractivity (Wildman–Crippen MR) is 77.4 cm³/mol. The molecule has 0 atom stereocenters. The lowest BCUT2D eigenvalue weighted by Gasteiger charge is -2.03. The highest BCUT2D eigenvalue weighted by Crippen LogP contribution is 2.14. The van der Waals surface area contributed by atoms with Crippen LogP contribution in [-0.4, -0.2) is 12.4 Å². The second-order valence-electron chi connectivity index (χ2n) is 4.07. The van der Waals surface area contributed by atoms with Gasteiger partial charge in [-0.25, -0.2) is 0 Å². The summed E-state index contributed by atoms with van der Waals surface area (Å²) < 4.78 is 5.38. The van der Waals surface area contributed by atoms with E-state index < -0.39 is 0 Å². The van der Waals surface area contributed by atoms with Crippen molar-refractivity contribution >= 4 is 11.9 Å². The zero-order valence-electron chi connectivity index (χ0n) is 10.9. The largest absolute Gasteiger partial charge is 0.494 e. The molecule has 0 aromatic heterocycles. The van der Waals surface area contributed by atoms with E-state index >= 15 is 0 Å². The van der Waals surface area contributed by atoms with Crippen molar-refractivity contribution < 1.29 is 9.53 Å². The Kier molecular flexibility index (Phi) is 4.51. The van der Waals surface area contributed by atoms with Gasteiger partial charge in [0.2, 0.25) is 0 Å². The van der Waals surface area contributed by atoms with E-state index in [1.807, 2.05) is 55.5 Å². The molecule has 0 saturated heterocycles. The van der Waals surface area contributed by atoms with E-state index in [9.17, 15) is 4.79 Å². The molecule has 2 aromatic rings. The lowest BCUT2D eigenvalue weighted by atomic mass is 10.1. The highest BCUT2D eigenvalue weighted by Gasteiger charge is 2.03. The first-order chi connectivity index (χ1) is 9.29. The van der Waals surface area contributed by atoms with Crippen molar-refractivity contribution in [3.05, 3.63) is 71.8 Å². The molecule has 2 rings (SSSR count). The van der Waals surface area contributed by atoms with E-state index in [0.29, 0.717) is 12.2 Å². The third-order valence-electron chi connectivity index (χ3n) is 2.66. The molecular formula is C17H16O2. The van der Waals surface area contributed by atoms with Gasteiger partial charge in [0.1, 0.15) is 5.75 Å². The molecule has 0 radical (unpaired) electrons. The van der Waals surface area contributed by atoms with Crippen LogP contribution in [0.2, 0.25) is 0 Å². The molecule has 19 heavy (non-hydrogen) atoms. The van der Waals surface area contributed by atoms with Gasteiger partial charge in [-0.2, -0.15) is 0 Å². The summed E-state index contributed by atoms with van der Waals surface area (Å²) >= 11 is 0. The lowest BCUT2D eigenvalue weighted by Crippen LogP contribution is -1.96. The first-order valence-electron chi connectivity index (χ1n) is 6.30. The van der Waals surface area contributed by atoms with Gasteiger partial charge in [-0.15, -0.1) is 0 Å². The van der Waals surface area contributed by atoms with E-state index in [-0.39, 0.29) is 5.78 Å².